The van der Waals surface area contributed by atoms with Gasteiger partial charge in [-0.2, -0.15) is 5.10 Å². The molecule has 172 valence electrons. The fourth-order valence-corrected chi connectivity index (χ4v) is 5.74. The van der Waals surface area contributed by atoms with Crippen molar-refractivity contribution in [1.29, 1.82) is 0 Å². The zero-order valence-electron chi connectivity index (χ0n) is 19.0. The monoisotopic (exact) mass is 438 g/mol. The van der Waals surface area contributed by atoms with E-state index in [1.807, 2.05) is 28.8 Å². The first-order valence-corrected chi connectivity index (χ1v) is 12.2. The summed E-state index contributed by atoms with van der Waals surface area (Å²) in [7, 11) is 0. The van der Waals surface area contributed by atoms with Crippen molar-refractivity contribution >= 4 is 5.91 Å². The molecule has 3 aliphatic rings. The molecule has 8 heteroatoms. The lowest BCUT2D eigenvalue weighted by atomic mass is 9.99. The van der Waals surface area contributed by atoms with Gasteiger partial charge in [-0.15, -0.1) is 0 Å². The van der Waals surface area contributed by atoms with Crippen molar-refractivity contribution in [1.82, 2.24) is 29.5 Å². The summed E-state index contributed by atoms with van der Waals surface area (Å²) in [6.07, 6.45) is 12.8. The van der Waals surface area contributed by atoms with Crippen LogP contribution in [0.3, 0.4) is 0 Å². The highest BCUT2D eigenvalue weighted by Gasteiger charge is 2.33. The second-order valence-corrected chi connectivity index (χ2v) is 9.67. The summed E-state index contributed by atoms with van der Waals surface area (Å²) in [4.78, 5) is 38.7. The average Bonchev–Trinajstić information content (AvgIpc) is 3.53. The normalized spacial score (nSPS) is 23.3. The molecule has 0 aromatic carbocycles. The van der Waals surface area contributed by atoms with E-state index in [0.29, 0.717) is 24.8 Å². The molecule has 1 amide bonds. The smallest absolute Gasteiger partial charge is 0.254 e. The first kappa shape index (κ1) is 21.4. The van der Waals surface area contributed by atoms with Crippen LogP contribution < -0.4 is 5.56 Å². The highest BCUT2D eigenvalue weighted by Crippen LogP contribution is 2.32. The van der Waals surface area contributed by atoms with Crippen molar-refractivity contribution in [3.63, 3.8) is 0 Å². The molecule has 1 N–H and O–H groups in total. The molecule has 2 aliphatic heterocycles. The van der Waals surface area contributed by atoms with E-state index in [9.17, 15) is 9.59 Å². The molecule has 2 aromatic heterocycles. The van der Waals surface area contributed by atoms with E-state index >= 15 is 0 Å². The molecule has 2 atom stereocenters. The van der Waals surface area contributed by atoms with Crippen LogP contribution in [0.25, 0.3) is 0 Å². The van der Waals surface area contributed by atoms with E-state index in [2.05, 4.69) is 15.0 Å². The number of nitrogens with one attached hydrogen (secondary N) is 1. The Kier molecular flexibility index (Phi) is 6.13. The topological polar surface area (TPSA) is 87.1 Å². The SMILES string of the molecule is C[C@H](CC(=O)N1CCCC[C@H]1c1nc2c(c(=O)[nH]1)CCN(C1CCCC1)C2)n1cccn1. The van der Waals surface area contributed by atoms with Crippen molar-refractivity contribution in [2.24, 2.45) is 0 Å². The van der Waals surface area contributed by atoms with Gasteiger partial charge in [-0.3, -0.25) is 19.2 Å². The van der Waals surface area contributed by atoms with E-state index in [1.54, 1.807) is 6.20 Å². The van der Waals surface area contributed by atoms with Crippen molar-refractivity contribution in [2.45, 2.75) is 89.4 Å². The van der Waals surface area contributed by atoms with E-state index in [1.165, 1.54) is 25.7 Å². The Labute approximate surface area is 189 Å². The largest absolute Gasteiger partial charge is 0.332 e. The van der Waals surface area contributed by atoms with Crippen LogP contribution in [0.4, 0.5) is 0 Å². The standard InChI is InChI=1S/C24H34N6O2/c1-17(30-13-6-11-25-30)15-22(31)29-12-5-4-9-21(29)23-26-20-16-28(18-7-2-3-8-18)14-10-19(20)24(32)27-23/h6,11,13,17-18,21H,2-5,7-10,12,14-16H2,1H3,(H,26,27,32)/t17-,21+/m1/s1. The van der Waals surface area contributed by atoms with Crippen LogP contribution in [-0.4, -0.2) is 54.6 Å². The van der Waals surface area contributed by atoms with Crippen LogP contribution in [0.15, 0.2) is 23.3 Å². The van der Waals surface area contributed by atoms with E-state index in [0.717, 1.165) is 50.0 Å². The zero-order valence-corrected chi connectivity index (χ0v) is 19.0. The number of likely N-dealkylation sites (tertiary alicyclic amines) is 1. The number of nitrogens with zero attached hydrogens (tertiary/aromatic N) is 5. The Morgan fingerprint density at radius 2 is 2.00 bits per heavy atom. The van der Waals surface area contributed by atoms with Gasteiger partial charge in [0.2, 0.25) is 5.91 Å². The van der Waals surface area contributed by atoms with Gasteiger partial charge in [0.25, 0.3) is 5.56 Å². The number of rotatable bonds is 5. The van der Waals surface area contributed by atoms with Gasteiger partial charge in [0, 0.05) is 50.1 Å². The maximum Gasteiger partial charge on any atom is 0.254 e. The highest BCUT2D eigenvalue weighted by atomic mass is 16.2. The molecule has 0 unspecified atom stereocenters. The summed E-state index contributed by atoms with van der Waals surface area (Å²) in [5.74, 6) is 0.771. The third-order valence-corrected chi connectivity index (χ3v) is 7.55. The Morgan fingerprint density at radius 1 is 1.19 bits per heavy atom. The van der Waals surface area contributed by atoms with E-state index in [-0.39, 0.29) is 23.6 Å². The van der Waals surface area contributed by atoms with Crippen LogP contribution in [0, 0.1) is 0 Å². The third kappa shape index (κ3) is 4.25. The summed E-state index contributed by atoms with van der Waals surface area (Å²) in [6, 6.07) is 2.35. The van der Waals surface area contributed by atoms with Gasteiger partial charge in [-0.25, -0.2) is 4.98 Å². The number of hydrogen-bond acceptors (Lipinski definition) is 5. The molecule has 5 rings (SSSR count). The number of hydrogen-bond donors (Lipinski definition) is 1. The zero-order chi connectivity index (χ0) is 22.1. The Balaban J connectivity index is 1.36. The summed E-state index contributed by atoms with van der Waals surface area (Å²) in [6.45, 7) is 4.43. The minimum absolute atomic E-state index is 0.00409. The van der Waals surface area contributed by atoms with E-state index in [4.69, 9.17) is 4.98 Å². The molecule has 1 saturated carbocycles. The van der Waals surface area contributed by atoms with Crippen molar-refractivity contribution in [2.75, 3.05) is 13.1 Å². The number of aromatic nitrogens is 4. The first-order valence-electron chi connectivity index (χ1n) is 12.2. The molecule has 2 aromatic rings. The third-order valence-electron chi connectivity index (χ3n) is 7.55. The van der Waals surface area contributed by atoms with Gasteiger partial charge < -0.3 is 9.88 Å². The lowest BCUT2D eigenvalue weighted by Crippen LogP contribution is -2.43. The second-order valence-electron chi connectivity index (χ2n) is 9.67. The summed E-state index contributed by atoms with van der Waals surface area (Å²) in [5.41, 5.74) is 1.74. The fraction of sp³-hybridized carbons (Fsp3) is 0.667. The predicted octanol–water partition coefficient (Wildman–Crippen LogP) is 2.97. The summed E-state index contributed by atoms with van der Waals surface area (Å²) in [5, 5.41) is 4.27. The molecule has 2 fully saturated rings. The van der Waals surface area contributed by atoms with Crippen LogP contribution >= 0.6 is 0 Å². The molecular weight excluding hydrogens is 404 g/mol. The first-order chi connectivity index (χ1) is 15.6. The van der Waals surface area contributed by atoms with Gasteiger partial charge >= 0.3 is 0 Å². The van der Waals surface area contributed by atoms with Crippen LogP contribution in [0.1, 0.15) is 87.5 Å². The molecule has 0 bridgehead atoms. The molecule has 1 aliphatic carbocycles. The summed E-state index contributed by atoms with van der Waals surface area (Å²) >= 11 is 0. The van der Waals surface area contributed by atoms with Gasteiger partial charge in [0.15, 0.2) is 0 Å². The average molecular weight is 439 g/mol. The van der Waals surface area contributed by atoms with Gasteiger partial charge in [0.05, 0.1) is 17.8 Å². The number of H-pyrrole nitrogens is 1. The van der Waals surface area contributed by atoms with Crippen molar-refractivity contribution in [3.8, 4) is 0 Å². The van der Waals surface area contributed by atoms with Crippen molar-refractivity contribution < 1.29 is 4.79 Å². The lowest BCUT2D eigenvalue weighted by Gasteiger charge is -2.37. The molecule has 32 heavy (non-hydrogen) atoms. The van der Waals surface area contributed by atoms with Crippen LogP contribution in [0.5, 0.6) is 0 Å². The Hall–Kier alpha value is -2.48. The number of carbonyl (C=O) groups is 1. The summed E-state index contributed by atoms with van der Waals surface area (Å²) < 4.78 is 1.83. The minimum Gasteiger partial charge on any atom is -0.332 e. The molecule has 8 nitrogen and oxygen atoms in total. The number of piperidine rings is 1. The number of fused-ring (bicyclic) bond motifs is 1. The number of carbonyl (C=O) groups excluding carboxylic acids is 1. The van der Waals surface area contributed by atoms with Crippen molar-refractivity contribution in [3.05, 3.63) is 45.9 Å². The molecule has 0 spiro atoms. The highest BCUT2D eigenvalue weighted by molar-refractivity contribution is 5.77. The Morgan fingerprint density at radius 3 is 2.78 bits per heavy atom. The molecule has 4 heterocycles. The van der Waals surface area contributed by atoms with Crippen LogP contribution in [0.2, 0.25) is 0 Å². The maximum atomic E-state index is 13.2. The van der Waals surface area contributed by atoms with Crippen LogP contribution in [-0.2, 0) is 17.8 Å². The second kappa shape index (κ2) is 9.17. The maximum absolute atomic E-state index is 13.2. The van der Waals surface area contributed by atoms with Gasteiger partial charge in [-0.05, 0) is 51.5 Å². The quantitative estimate of drug-likeness (QED) is 0.776. The fourth-order valence-electron chi connectivity index (χ4n) is 5.74. The van der Waals surface area contributed by atoms with Gasteiger partial charge in [0.1, 0.15) is 5.82 Å². The predicted molar refractivity (Wildman–Crippen MR) is 121 cm³/mol. The van der Waals surface area contributed by atoms with E-state index < -0.39 is 0 Å². The molecule has 1 saturated heterocycles. The van der Waals surface area contributed by atoms with Gasteiger partial charge in [-0.1, -0.05) is 12.8 Å². The molecular formula is C24H34N6O2. The lowest BCUT2D eigenvalue weighted by molar-refractivity contribution is -0.136. The Bertz CT molecular complexity index is 994. The number of aromatic amines is 1. The minimum atomic E-state index is -0.152. The number of amides is 1. The molecule has 0 radical (unpaired) electrons.